The molecule has 0 radical (unpaired) electrons. The number of hydrogen-bond donors (Lipinski definition) is 0. The molecule has 0 aliphatic heterocycles. The first-order chi connectivity index (χ1) is 48.1. The van der Waals surface area contributed by atoms with E-state index in [1.165, 1.54) is 94.6 Å². The molecule has 0 N–H and O–H groups in total. The highest BCUT2D eigenvalue weighted by Crippen LogP contribution is 2.65. The summed E-state index contributed by atoms with van der Waals surface area (Å²) in [6.07, 6.45) is 3.90. The number of fused-ring (bicyclic) bond motifs is 22. The minimum absolute atomic E-state index is 0.200. The van der Waals surface area contributed by atoms with Gasteiger partial charge in [0.2, 0.25) is 0 Å². The maximum absolute atomic E-state index is 5.62. The smallest absolute Gasteiger partial charge is 0.159 e. The summed E-state index contributed by atoms with van der Waals surface area (Å²) < 4.78 is 0. The van der Waals surface area contributed by atoms with Crippen molar-refractivity contribution in [1.82, 2.24) is 19.9 Å². The van der Waals surface area contributed by atoms with E-state index < -0.39 is 10.8 Å². The Kier molecular flexibility index (Phi) is 11.9. The Hall–Kier alpha value is -12.0. The van der Waals surface area contributed by atoms with E-state index in [1.807, 2.05) is 36.7 Å². The van der Waals surface area contributed by atoms with E-state index in [4.69, 9.17) is 19.9 Å². The van der Waals surface area contributed by atoms with Gasteiger partial charge in [0.15, 0.2) is 5.82 Å². The molecule has 4 nitrogen and oxygen atoms in total. The predicted octanol–water partition coefficient (Wildman–Crippen LogP) is 22.7. The summed E-state index contributed by atoms with van der Waals surface area (Å²) in [6.45, 7) is 9.58. The maximum Gasteiger partial charge on any atom is 0.159 e. The maximum atomic E-state index is 5.62. The van der Waals surface area contributed by atoms with Gasteiger partial charge >= 0.3 is 0 Å². The lowest BCUT2D eigenvalue weighted by atomic mass is 9.55. The molecule has 0 fully saturated rings. The van der Waals surface area contributed by atoms with Gasteiger partial charge in [0, 0.05) is 50.5 Å². The van der Waals surface area contributed by atoms with E-state index in [2.05, 4.69) is 307 Å². The topological polar surface area (TPSA) is 51.6 Å². The van der Waals surface area contributed by atoms with Crippen LogP contribution in [0.25, 0.3) is 122 Å². The summed E-state index contributed by atoms with van der Waals surface area (Å²) in [7, 11) is 0. The van der Waals surface area contributed by atoms with Crippen LogP contribution in [0.2, 0.25) is 0 Å². The molecule has 0 atom stereocenters. The van der Waals surface area contributed by atoms with Crippen molar-refractivity contribution in [2.45, 2.75) is 49.4 Å². The zero-order chi connectivity index (χ0) is 65.2. The van der Waals surface area contributed by atoms with Crippen LogP contribution in [0.5, 0.6) is 0 Å². The van der Waals surface area contributed by atoms with Crippen LogP contribution in [0.15, 0.2) is 316 Å². The third-order valence-corrected chi connectivity index (χ3v) is 22.7. The lowest BCUT2D eigenvalue weighted by molar-refractivity contribution is 0.563. The zero-order valence-corrected chi connectivity index (χ0v) is 54.8. The summed E-state index contributed by atoms with van der Waals surface area (Å²) in [5.41, 5.74) is 33.8. The van der Waals surface area contributed by atoms with Crippen molar-refractivity contribution < 1.29 is 0 Å². The van der Waals surface area contributed by atoms with Crippen molar-refractivity contribution in [3.63, 3.8) is 0 Å². The lowest BCUT2D eigenvalue weighted by Gasteiger charge is -2.46. The molecular formula is C94H64N4. The zero-order valence-electron chi connectivity index (χ0n) is 54.8. The SMILES string of the molecule is CC1(C)c2ccccc2C2(c3ccccc3-c3cc(-c4cc(-c5cc(-c6ccc7ccc8cccnc8c7n6)cc(-c6cccc7c6-c6ccccc6C76c7ccccc7C(C)(C)c7ccccc76)c5)cc(-c5cccc6nc(-c7ccccc7)ncc56)c4)ccc32)c2ccccc21. The van der Waals surface area contributed by atoms with Crippen molar-refractivity contribution in [2.24, 2.45) is 0 Å². The Bertz CT molecular complexity index is 5990. The third-order valence-electron chi connectivity index (χ3n) is 22.7. The molecule has 4 aliphatic carbocycles. The second kappa shape index (κ2) is 20.8. The first-order valence-electron chi connectivity index (χ1n) is 34.2. The van der Waals surface area contributed by atoms with Crippen LogP contribution < -0.4 is 0 Å². The molecule has 16 aromatic rings. The van der Waals surface area contributed by atoms with E-state index in [9.17, 15) is 0 Å². The summed E-state index contributed by atoms with van der Waals surface area (Å²) in [5, 5.41) is 3.09. The largest absolute Gasteiger partial charge is 0.254 e. The number of hydrogen-bond acceptors (Lipinski definition) is 4. The second-order valence-electron chi connectivity index (χ2n) is 28.3. The Balaban J connectivity index is 0.847. The molecule has 98 heavy (non-hydrogen) atoms. The van der Waals surface area contributed by atoms with Crippen molar-refractivity contribution >= 4 is 32.7 Å². The highest BCUT2D eigenvalue weighted by Gasteiger charge is 2.55. The van der Waals surface area contributed by atoms with E-state index >= 15 is 0 Å². The summed E-state index contributed by atoms with van der Waals surface area (Å²) >= 11 is 0. The Morgan fingerprint density at radius 1 is 0.255 bits per heavy atom. The molecule has 3 heterocycles. The van der Waals surface area contributed by atoms with Crippen molar-refractivity contribution in [1.29, 1.82) is 0 Å². The Morgan fingerprint density at radius 3 is 1.37 bits per heavy atom. The molecule has 3 aromatic heterocycles. The average molecular weight is 1250 g/mol. The van der Waals surface area contributed by atoms with Crippen LogP contribution in [-0.2, 0) is 21.7 Å². The lowest BCUT2D eigenvalue weighted by Crippen LogP contribution is -2.40. The summed E-state index contributed by atoms with van der Waals surface area (Å²) in [6, 6.07) is 114. The molecule has 4 heteroatoms. The fraction of sp³-hybridized carbons (Fsp3) is 0.0851. The van der Waals surface area contributed by atoms with E-state index in [0.29, 0.717) is 5.82 Å². The van der Waals surface area contributed by atoms with Gasteiger partial charge in [-0.3, -0.25) is 4.98 Å². The number of pyridine rings is 2. The summed E-state index contributed by atoms with van der Waals surface area (Å²) in [4.78, 5) is 20.9. The first-order valence-corrected chi connectivity index (χ1v) is 34.2. The van der Waals surface area contributed by atoms with Gasteiger partial charge in [-0.15, -0.1) is 0 Å². The molecule has 0 amide bonds. The molecule has 0 saturated heterocycles. The van der Waals surface area contributed by atoms with Crippen LogP contribution in [0, 0.1) is 0 Å². The number of benzene rings is 13. The normalized spacial score (nSPS) is 14.9. The van der Waals surface area contributed by atoms with Gasteiger partial charge < -0.3 is 0 Å². The van der Waals surface area contributed by atoms with Crippen molar-refractivity contribution in [3.8, 4) is 89.4 Å². The van der Waals surface area contributed by atoms with E-state index in [1.54, 1.807) is 0 Å². The Morgan fingerprint density at radius 2 is 0.714 bits per heavy atom. The van der Waals surface area contributed by atoms with Gasteiger partial charge in [-0.25, -0.2) is 15.0 Å². The molecule has 20 rings (SSSR count). The van der Waals surface area contributed by atoms with Gasteiger partial charge in [0.05, 0.1) is 33.1 Å². The fourth-order valence-corrected chi connectivity index (χ4v) is 18.3. The molecule has 2 spiro atoms. The molecule has 0 saturated carbocycles. The average Bonchev–Trinajstić information content (AvgIpc) is 1.50. The molecule has 0 bridgehead atoms. The Labute approximate surface area is 570 Å². The third kappa shape index (κ3) is 7.77. The number of nitrogens with zero attached hydrogens (tertiary/aromatic N) is 4. The van der Waals surface area contributed by atoms with Gasteiger partial charge in [0.25, 0.3) is 0 Å². The van der Waals surface area contributed by atoms with Gasteiger partial charge in [-0.1, -0.05) is 270 Å². The minimum atomic E-state index is -0.567. The van der Waals surface area contributed by atoms with Gasteiger partial charge in [-0.2, -0.15) is 0 Å². The van der Waals surface area contributed by atoms with Crippen molar-refractivity contribution in [2.75, 3.05) is 0 Å². The molecule has 460 valence electrons. The van der Waals surface area contributed by atoms with Crippen LogP contribution in [-0.4, -0.2) is 19.9 Å². The fourth-order valence-electron chi connectivity index (χ4n) is 18.3. The predicted molar refractivity (Wildman–Crippen MR) is 402 cm³/mol. The van der Waals surface area contributed by atoms with E-state index in [-0.39, 0.29) is 10.8 Å². The van der Waals surface area contributed by atoms with Gasteiger partial charge in [0.1, 0.15) is 0 Å². The summed E-state index contributed by atoms with van der Waals surface area (Å²) in [5.74, 6) is 0.699. The quantitative estimate of drug-likeness (QED) is 0.156. The first kappa shape index (κ1) is 56.4. The number of rotatable bonds is 6. The second-order valence-corrected chi connectivity index (χ2v) is 28.3. The monoisotopic (exact) mass is 1250 g/mol. The molecule has 0 unspecified atom stereocenters. The van der Waals surface area contributed by atoms with Crippen LogP contribution in [0.3, 0.4) is 0 Å². The standard InChI is InChI=1S/C94H64N4/c1-91(2)76-32-12-16-36-80(76)93(81-37-17-13-33-77(81)91)73-30-10-8-26-69(73)71-55-60(44-46-75(71)93)61-49-62(51-64(50-61)67-28-21-41-86-72(67)56-96-90(98-86)59-23-6-5-7-24-59)63-52-65(54-66(53-63)85-47-45-58-43-42-57-25-22-48-95-88(57)89(58)97-85)68-29-20-40-84-87(68)70-27-9-11-31-74(70)94(84)82-38-18-14-34-78(82)92(3,4)79-35-15-19-39-83(79)94/h5-56H,1-4H3. The minimum Gasteiger partial charge on any atom is -0.254 e. The van der Waals surface area contributed by atoms with E-state index in [0.717, 1.165) is 88.5 Å². The highest BCUT2D eigenvalue weighted by molar-refractivity contribution is 6.05. The van der Waals surface area contributed by atoms with Crippen LogP contribution >= 0.6 is 0 Å². The molecule has 4 aliphatic rings. The van der Waals surface area contributed by atoms with Crippen molar-refractivity contribution in [3.05, 3.63) is 382 Å². The highest BCUT2D eigenvalue weighted by atomic mass is 14.9. The molecular weight excluding hydrogens is 1190 g/mol. The number of aromatic nitrogens is 4. The van der Waals surface area contributed by atoms with Gasteiger partial charge in [-0.05, 0) is 194 Å². The van der Waals surface area contributed by atoms with Crippen LogP contribution in [0.4, 0.5) is 0 Å². The van der Waals surface area contributed by atoms with Crippen LogP contribution in [0.1, 0.15) is 94.5 Å². The molecule has 13 aromatic carbocycles.